The average molecular weight is 252 g/mol. The molecule has 0 aliphatic rings. The van der Waals surface area contributed by atoms with E-state index in [9.17, 15) is 9.50 Å². The number of aryl methyl sites for hydroxylation is 1. The highest BCUT2D eigenvalue weighted by atomic mass is 32.1. The van der Waals surface area contributed by atoms with E-state index in [2.05, 4.69) is 9.59 Å². The Morgan fingerprint density at radius 3 is 2.88 bits per heavy atom. The van der Waals surface area contributed by atoms with E-state index in [1.165, 1.54) is 6.07 Å². The molecule has 0 spiro atoms. The normalized spacial score (nSPS) is 12.6. The second-order valence-electron chi connectivity index (χ2n) is 3.76. The molecule has 1 N–H and O–H groups in total. The van der Waals surface area contributed by atoms with E-state index in [0.717, 1.165) is 30.1 Å². The van der Waals surface area contributed by atoms with Gasteiger partial charge in [0, 0.05) is 5.56 Å². The summed E-state index contributed by atoms with van der Waals surface area (Å²) in [5.74, 6) is -0.407. The van der Waals surface area contributed by atoms with Crippen molar-refractivity contribution in [3.05, 3.63) is 46.2 Å². The Morgan fingerprint density at radius 1 is 1.41 bits per heavy atom. The van der Waals surface area contributed by atoms with Crippen LogP contribution in [0.3, 0.4) is 0 Å². The Hall–Kier alpha value is -1.33. The number of aliphatic hydroxyl groups excluding tert-OH is 1. The van der Waals surface area contributed by atoms with Gasteiger partial charge in [0.05, 0.1) is 10.6 Å². The van der Waals surface area contributed by atoms with Gasteiger partial charge in [0.2, 0.25) is 0 Å². The monoisotopic (exact) mass is 252 g/mol. The number of aliphatic hydroxyl groups is 1. The minimum atomic E-state index is -0.974. The van der Waals surface area contributed by atoms with E-state index in [1.54, 1.807) is 18.2 Å². The van der Waals surface area contributed by atoms with E-state index in [0.29, 0.717) is 4.88 Å². The van der Waals surface area contributed by atoms with E-state index in [1.807, 2.05) is 6.92 Å². The molecule has 90 valence electrons. The molecule has 17 heavy (non-hydrogen) atoms. The smallest absolute Gasteiger partial charge is 0.129 e. The van der Waals surface area contributed by atoms with Gasteiger partial charge in [-0.25, -0.2) is 4.39 Å². The van der Waals surface area contributed by atoms with Gasteiger partial charge < -0.3 is 5.11 Å². The number of nitrogens with zero attached hydrogens (tertiary/aromatic N) is 2. The molecule has 1 aromatic heterocycles. The van der Waals surface area contributed by atoms with Crippen molar-refractivity contribution in [1.82, 2.24) is 9.59 Å². The lowest BCUT2D eigenvalue weighted by Gasteiger charge is -2.10. The van der Waals surface area contributed by atoms with E-state index >= 15 is 0 Å². The maximum absolute atomic E-state index is 13.6. The SMILES string of the molecule is CCCc1nnsc1C(O)c1ccccc1F. The fraction of sp³-hybridized carbons (Fsp3) is 0.333. The van der Waals surface area contributed by atoms with Crippen LogP contribution in [-0.4, -0.2) is 14.7 Å². The highest BCUT2D eigenvalue weighted by molar-refractivity contribution is 7.05. The molecule has 0 fully saturated rings. The molecule has 1 heterocycles. The van der Waals surface area contributed by atoms with Gasteiger partial charge >= 0.3 is 0 Å². The minimum absolute atomic E-state index is 0.274. The van der Waals surface area contributed by atoms with Gasteiger partial charge in [0.1, 0.15) is 11.9 Å². The van der Waals surface area contributed by atoms with Crippen LogP contribution in [0.5, 0.6) is 0 Å². The summed E-state index contributed by atoms with van der Waals surface area (Å²) in [7, 11) is 0. The van der Waals surface area contributed by atoms with Gasteiger partial charge in [0.15, 0.2) is 0 Å². The first kappa shape index (κ1) is 12.1. The molecule has 0 amide bonds. The van der Waals surface area contributed by atoms with Crippen molar-refractivity contribution in [2.45, 2.75) is 25.9 Å². The molecule has 0 saturated carbocycles. The quantitative estimate of drug-likeness (QED) is 0.910. The third kappa shape index (κ3) is 2.50. The summed E-state index contributed by atoms with van der Waals surface area (Å²) in [6.07, 6.45) is 0.692. The molecule has 2 aromatic rings. The second-order valence-corrected chi connectivity index (χ2v) is 4.54. The molecule has 0 aliphatic carbocycles. The Kier molecular flexibility index (Phi) is 3.81. The molecule has 0 aliphatic heterocycles. The predicted octanol–water partition coefficient (Wildman–Crippen LogP) is 2.71. The number of halogens is 1. The van der Waals surface area contributed by atoms with Crippen molar-refractivity contribution < 1.29 is 9.50 Å². The van der Waals surface area contributed by atoms with Crippen LogP contribution in [0.2, 0.25) is 0 Å². The van der Waals surface area contributed by atoms with Gasteiger partial charge in [-0.15, -0.1) is 5.10 Å². The van der Waals surface area contributed by atoms with Gasteiger partial charge in [0.25, 0.3) is 0 Å². The second kappa shape index (κ2) is 5.33. The van der Waals surface area contributed by atoms with Gasteiger partial charge in [-0.3, -0.25) is 0 Å². The van der Waals surface area contributed by atoms with Crippen LogP contribution in [0.15, 0.2) is 24.3 Å². The summed E-state index contributed by atoms with van der Waals surface area (Å²) >= 11 is 1.12. The van der Waals surface area contributed by atoms with Crippen molar-refractivity contribution in [2.24, 2.45) is 0 Å². The third-order valence-electron chi connectivity index (χ3n) is 2.52. The minimum Gasteiger partial charge on any atom is -0.383 e. The Bertz CT molecular complexity index is 501. The zero-order chi connectivity index (χ0) is 12.3. The summed E-state index contributed by atoms with van der Waals surface area (Å²) in [5, 5.41) is 14.1. The fourth-order valence-electron chi connectivity index (χ4n) is 1.67. The number of aromatic nitrogens is 2. The third-order valence-corrected chi connectivity index (χ3v) is 3.34. The first-order valence-corrected chi connectivity index (χ1v) is 6.25. The molecule has 0 radical (unpaired) electrons. The van der Waals surface area contributed by atoms with Gasteiger partial charge in [-0.2, -0.15) is 0 Å². The lowest BCUT2D eigenvalue weighted by molar-refractivity contribution is 0.217. The van der Waals surface area contributed by atoms with Gasteiger partial charge in [-0.1, -0.05) is 36.0 Å². The largest absolute Gasteiger partial charge is 0.383 e. The van der Waals surface area contributed by atoms with Crippen LogP contribution in [0.1, 0.15) is 35.6 Å². The molecular formula is C12H13FN2OS. The van der Waals surface area contributed by atoms with Crippen molar-refractivity contribution in [1.29, 1.82) is 0 Å². The molecule has 5 heteroatoms. The maximum atomic E-state index is 13.6. The van der Waals surface area contributed by atoms with Crippen molar-refractivity contribution >= 4 is 11.5 Å². The Balaban J connectivity index is 2.34. The molecular weight excluding hydrogens is 239 g/mol. The zero-order valence-electron chi connectivity index (χ0n) is 9.43. The fourth-order valence-corrected chi connectivity index (χ4v) is 2.37. The zero-order valence-corrected chi connectivity index (χ0v) is 10.2. The molecule has 3 nitrogen and oxygen atoms in total. The molecule has 0 saturated heterocycles. The van der Waals surface area contributed by atoms with Crippen LogP contribution in [0.4, 0.5) is 4.39 Å². The lowest BCUT2D eigenvalue weighted by Crippen LogP contribution is -2.03. The number of benzene rings is 1. The first-order valence-electron chi connectivity index (χ1n) is 5.47. The summed E-state index contributed by atoms with van der Waals surface area (Å²) < 4.78 is 17.4. The van der Waals surface area contributed by atoms with Crippen LogP contribution in [0.25, 0.3) is 0 Å². The summed E-state index contributed by atoms with van der Waals surface area (Å²) in [6, 6.07) is 6.22. The highest BCUT2D eigenvalue weighted by Gasteiger charge is 2.20. The number of hydrogen-bond donors (Lipinski definition) is 1. The van der Waals surface area contributed by atoms with Crippen molar-refractivity contribution in [2.75, 3.05) is 0 Å². The first-order chi connectivity index (χ1) is 8.24. The predicted molar refractivity (Wildman–Crippen MR) is 64.4 cm³/mol. The molecule has 1 unspecified atom stereocenters. The lowest BCUT2D eigenvalue weighted by atomic mass is 10.1. The van der Waals surface area contributed by atoms with Crippen LogP contribution in [0, 0.1) is 5.82 Å². The van der Waals surface area contributed by atoms with Crippen LogP contribution < -0.4 is 0 Å². The summed E-state index contributed by atoms with van der Waals surface area (Å²) in [6.45, 7) is 2.03. The topological polar surface area (TPSA) is 46.0 Å². The standard InChI is InChI=1S/C12H13FN2OS/c1-2-5-10-12(17-15-14-10)11(16)8-6-3-4-7-9(8)13/h3-4,6-7,11,16H,2,5H2,1H3. The highest BCUT2D eigenvalue weighted by Crippen LogP contribution is 2.28. The summed E-state index contributed by atoms with van der Waals surface area (Å²) in [5.41, 5.74) is 1.03. The van der Waals surface area contributed by atoms with E-state index in [-0.39, 0.29) is 5.56 Å². The van der Waals surface area contributed by atoms with Crippen molar-refractivity contribution in [3.8, 4) is 0 Å². The Labute approximate surface area is 103 Å². The molecule has 0 bridgehead atoms. The van der Waals surface area contributed by atoms with Crippen LogP contribution in [-0.2, 0) is 6.42 Å². The van der Waals surface area contributed by atoms with E-state index in [4.69, 9.17) is 0 Å². The van der Waals surface area contributed by atoms with Gasteiger partial charge in [-0.05, 0) is 24.0 Å². The molecule has 1 atom stereocenters. The van der Waals surface area contributed by atoms with Crippen LogP contribution >= 0.6 is 11.5 Å². The average Bonchev–Trinajstić information content (AvgIpc) is 2.78. The Morgan fingerprint density at radius 2 is 2.18 bits per heavy atom. The molecule has 2 rings (SSSR count). The summed E-state index contributed by atoms with van der Waals surface area (Å²) in [4.78, 5) is 0.636. The maximum Gasteiger partial charge on any atom is 0.129 e. The number of hydrogen-bond acceptors (Lipinski definition) is 4. The van der Waals surface area contributed by atoms with E-state index < -0.39 is 11.9 Å². The number of rotatable bonds is 4. The van der Waals surface area contributed by atoms with Crippen molar-refractivity contribution in [3.63, 3.8) is 0 Å². The molecule has 1 aromatic carbocycles.